The molecule has 1 spiro atoms. The zero-order chi connectivity index (χ0) is 22.8. The summed E-state index contributed by atoms with van der Waals surface area (Å²) in [6, 6.07) is 0.123. The van der Waals surface area contributed by atoms with Crippen LogP contribution in [0.15, 0.2) is 31.0 Å². The van der Waals surface area contributed by atoms with Crippen LogP contribution in [0.2, 0.25) is 0 Å². The van der Waals surface area contributed by atoms with Crippen LogP contribution in [0.25, 0.3) is 5.65 Å². The maximum absolute atomic E-state index is 13.0. The molecule has 1 N–H and O–H groups in total. The van der Waals surface area contributed by atoms with Gasteiger partial charge in [0.1, 0.15) is 29.0 Å². The summed E-state index contributed by atoms with van der Waals surface area (Å²) in [5.41, 5.74) is -0.273. The van der Waals surface area contributed by atoms with Crippen molar-refractivity contribution in [3.63, 3.8) is 0 Å². The Morgan fingerprint density at radius 3 is 2.59 bits per heavy atom. The van der Waals surface area contributed by atoms with Crippen molar-refractivity contribution in [2.75, 3.05) is 18.0 Å². The third-order valence-electron chi connectivity index (χ3n) is 6.20. The SMILES string of the molecule is Cn1ccn2ncc(C(=O)N3CC4(CC(N(C(=O)O)c5cc(C(F)(F)F)ncn5)C4)C3)c12. The lowest BCUT2D eigenvalue weighted by Crippen LogP contribution is -2.68. The molecule has 1 saturated carbocycles. The van der Waals surface area contributed by atoms with Crippen LogP contribution in [0, 0.1) is 5.41 Å². The Hall–Kier alpha value is -3.64. The summed E-state index contributed by atoms with van der Waals surface area (Å²) < 4.78 is 42.3. The molecule has 0 aromatic carbocycles. The zero-order valence-corrected chi connectivity index (χ0v) is 16.8. The van der Waals surface area contributed by atoms with Crippen LogP contribution >= 0.6 is 0 Å². The number of fused-ring (bicyclic) bond motifs is 1. The topological polar surface area (TPSA) is 109 Å². The van der Waals surface area contributed by atoms with E-state index in [1.54, 1.807) is 26.4 Å². The van der Waals surface area contributed by atoms with E-state index in [0.29, 0.717) is 49.5 Å². The van der Waals surface area contributed by atoms with Gasteiger partial charge in [0.2, 0.25) is 0 Å². The second-order valence-corrected chi connectivity index (χ2v) is 8.37. The highest BCUT2D eigenvalue weighted by Gasteiger charge is 2.56. The van der Waals surface area contributed by atoms with Crippen LogP contribution in [0.3, 0.4) is 0 Å². The van der Waals surface area contributed by atoms with Crippen molar-refractivity contribution in [1.82, 2.24) is 29.0 Å². The van der Waals surface area contributed by atoms with Gasteiger partial charge in [-0.3, -0.25) is 9.69 Å². The van der Waals surface area contributed by atoms with Gasteiger partial charge < -0.3 is 14.6 Å². The van der Waals surface area contributed by atoms with Crippen molar-refractivity contribution in [1.29, 1.82) is 0 Å². The van der Waals surface area contributed by atoms with Crippen molar-refractivity contribution in [2.24, 2.45) is 12.5 Å². The molecule has 10 nitrogen and oxygen atoms in total. The smallest absolute Gasteiger partial charge is 0.433 e. The standard InChI is InChI=1S/C19H18F3N7O3/c1-26-2-3-28-15(26)12(7-25-28)16(30)27-8-18(9-27)5-11(6-18)29(17(31)32)14-4-13(19(20,21)22)23-10-24-14/h2-4,7,10-11H,5-6,8-9H2,1H3,(H,31,32). The fraction of sp³-hybridized carbons (Fsp3) is 0.421. The molecule has 0 unspecified atom stereocenters. The Morgan fingerprint density at radius 2 is 1.94 bits per heavy atom. The van der Waals surface area contributed by atoms with E-state index in [0.717, 1.165) is 4.90 Å². The van der Waals surface area contributed by atoms with Gasteiger partial charge in [-0.15, -0.1) is 0 Å². The number of likely N-dealkylation sites (tertiary alicyclic amines) is 1. The van der Waals surface area contributed by atoms with Crippen molar-refractivity contribution in [3.05, 3.63) is 42.2 Å². The minimum atomic E-state index is -4.70. The molecule has 0 bridgehead atoms. The van der Waals surface area contributed by atoms with Crippen molar-refractivity contribution >= 4 is 23.5 Å². The normalized spacial score (nSPS) is 17.9. The van der Waals surface area contributed by atoms with E-state index in [1.165, 1.54) is 6.20 Å². The molecule has 5 rings (SSSR count). The monoisotopic (exact) mass is 449 g/mol. The van der Waals surface area contributed by atoms with Crippen molar-refractivity contribution in [3.8, 4) is 0 Å². The molecule has 0 radical (unpaired) electrons. The summed E-state index contributed by atoms with van der Waals surface area (Å²) in [4.78, 5) is 34.1. The molecular weight excluding hydrogens is 431 g/mol. The Labute approximate surface area is 178 Å². The van der Waals surface area contributed by atoms with Gasteiger partial charge in [-0.2, -0.15) is 18.3 Å². The molecule has 0 atom stereocenters. The third-order valence-corrected chi connectivity index (χ3v) is 6.20. The van der Waals surface area contributed by atoms with Gasteiger partial charge in [0.15, 0.2) is 0 Å². The highest BCUT2D eigenvalue weighted by atomic mass is 19.4. The van der Waals surface area contributed by atoms with Crippen LogP contribution < -0.4 is 4.90 Å². The van der Waals surface area contributed by atoms with Gasteiger partial charge in [-0.25, -0.2) is 19.3 Å². The number of nitrogens with zero attached hydrogens (tertiary/aromatic N) is 7. The summed E-state index contributed by atoms with van der Waals surface area (Å²) in [5, 5.41) is 13.8. The lowest BCUT2D eigenvalue weighted by molar-refractivity contribution is -0.141. The molecular formula is C19H18F3N7O3. The molecule has 32 heavy (non-hydrogen) atoms. The maximum Gasteiger partial charge on any atom is 0.433 e. The van der Waals surface area contributed by atoms with Gasteiger partial charge in [-0.05, 0) is 12.8 Å². The number of alkyl halides is 3. The summed E-state index contributed by atoms with van der Waals surface area (Å²) in [7, 11) is 1.82. The Morgan fingerprint density at radius 1 is 1.22 bits per heavy atom. The fourth-order valence-electron chi connectivity index (χ4n) is 4.73. The average molecular weight is 449 g/mol. The van der Waals surface area contributed by atoms with E-state index in [9.17, 15) is 27.9 Å². The molecule has 2 fully saturated rings. The molecule has 1 aliphatic carbocycles. The molecule has 1 aliphatic heterocycles. The number of anilines is 1. The van der Waals surface area contributed by atoms with E-state index < -0.39 is 24.0 Å². The lowest BCUT2D eigenvalue weighted by Gasteiger charge is -2.60. The average Bonchev–Trinajstić information content (AvgIpc) is 3.24. The number of carbonyl (C=O) groups excluding carboxylic acids is 1. The lowest BCUT2D eigenvalue weighted by atomic mass is 9.60. The highest BCUT2D eigenvalue weighted by Crippen LogP contribution is 2.51. The maximum atomic E-state index is 13.0. The number of carboxylic acid groups (broad SMARTS) is 1. The van der Waals surface area contributed by atoms with Crippen LogP contribution in [0.5, 0.6) is 0 Å². The number of imidazole rings is 1. The molecule has 3 aromatic rings. The van der Waals surface area contributed by atoms with Gasteiger partial charge in [-0.1, -0.05) is 0 Å². The first-order valence-electron chi connectivity index (χ1n) is 9.77. The minimum Gasteiger partial charge on any atom is -0.465 e. The van der Waals surface area contributed by atoms with Gasteiger partial charge in [0.05, 0.1) is 6.20 Å². The van der Waals surface area contributed by atoms with E-state index >= 15 is 0 Å². The van der Waals surface area contributed by atoms with Crippen LogP contribution in [0.1, 0.15) is 28.9 Å². The number of hydrogen-bond acceptors (Lipinski definition) is 5. The number of carbonyl (C=O) groups is 2. The van der Waals surface area contributed by atoms with Crippen LogP contribution in [-0.4, -0.2) is 65.3 Å². The zero-order valence-electron chi connectivity index (χ0n) is 16.8. The Kier molecular flexibility index (Phi) is 4.23. The number of aromatic nitrogens is 5. The first-order valence-corrected chi connectivity index (χ1v) is 9.77. The second kappa shape index (κ2) is 6.68. The van der Waals surface area contributed by atoms with Crippen molar-refractivity contribution < 1.29 is 27.9 Å². The van der Waals surface area contributed by atoms with Crippen molar-refractivity contribution in [2.45, 2.75) is 25.1 Å². The molecule has 168 valence electrons. The quantitative estimate of drug-likeness (QED) is 0.657. The molecule has 13 heteroatoms. The van der Waals surface area contributed by atoms with Gasteiger partial charge >= 0.3 is 12.3 Å². The second-order valence-electron chi connectivity index (χ2n) is 8.37. The molecule has 3 aromatic heterocycles. The largest absolute Gasteiger partial charge is 0.465 e. The Bertz CT molecular complexity index is 1220. The Balaban J connectivity index is 1.27. The summed E-state index contributed by atoms with van der Waals surface area (Å²) in [6.07, 6.45) is 0.561. The number of hydrogen-bond donors (Lipinski definition) is 1. The number of amides is 2. The first-order chi connectivity index (χ1) is 15.1. The van der Waals surface area contributed by atoms with Gasteiger partial charge in [0, 0.05) is 50.1 Å². The van der Waals surface area contributed by atoms with Crippen LogP contribution in [0.4, 0.5) is 23.8 Å². The van der Waals surface area contributed by atoms with E-state index in [-0.39, 0.29) is 17.1 Å². The third kappa shape index (κ3) is 3.07. The highest BCUT2D eigenvalue weighted by molar-refractivity contribution is 6.00. The van der Waals surface area contributed by atoms with Gasteiger partial charge in [0.25, 0.3) is 5.91 Å². The number of halogens is 3. The number of rotatable bonds is 3. The van der Waals surface area contributed by atoms with E-state index in [4.69, 9.17) is 0 Å². The van der Waals surface area contributed by atoms with E-state index in [2.05, 4.69) is 15.1 Å². The summed E-state index contributed by atoms with van der Waals surface area (Å²) in [5.74, 6) is -0.463. The molecule has 2 amide bonds. The minimum absolute atomic E-state index is 0.156. The number of aryl methyl sites for hydroxylation is 1. The summed E-state index contributed by atoms with van der Waals surface area (Å²) in [6.45, 7) is 0.907. The predicted molar refractivity (Wildman–Crippen MR) is 103 cm³/mol. The molecule has 4 heterocycles. The molecule has 2 aliphatic rings. The van der Waals surface area contributed by atoms with Crippen LogP contribution in [-0.2, 0) is 13.2 Å². The summed E-state index contributed by atoms with van der Waals surface area (Å²) >= 11 is 0. The van der Waals surface area contributed by atoms with E-state index in [1.807, 2.05) is 7.05 Å². The first kappa shape index (κ1) is 20.3. The molecule has 1 saturated heterocycles. The predicted octanol–water partition coefficient (Wildman–Crippen LogP) is 2.27. The fourth-order valence-corrected chi connectivity index (χ4v) is 4.73.